The standard InChI is InChI=1S/C16H16O5/c1-16(2)20-13-5-3-4-10(14(13)15(18)21-16)8-12-9-11(17)6-7-19-12/h3-7,12H,8-9H2,1-2H3/t12-/m0/s1. The monoisotopic (exact) mass is 288 g/mol. The van der Waals surface area contributed by atoms with Crippen LogP contribution in [0.1, 0.15) is 36.2 Å². The summed E-state index contributed by atoms with van der Waals surface area (Å²) in [7, 11) is 0. The molecule has 0 bridgehead atoms. The molecule has 1 aromatic carbocycles. The molecule has 0 unspecified atom stereocenters. The topological polar surface area (TPSA) is 61.8 Å². The minimum absolute atomic E-state index is 0.0241. The number of hydrogen-bond donors (Lipinski definition) is 0. The Balaban J connectivity index is 1.89. The summed E-state index contributed by atoms with van der Waals surface area (Å²) in [6, 6.07) is 5.39. The Hall–Kier alpha value is -2.30. The highest BCUT2D eigenvalue weighted by atomic mass is 16.7. The zero-order chi connectivity index (χ0) is 15.0. The first-order valence-corrected chi connectivity index (χ1v) is 6.84. The molecule has 1 aromatic rings. The SMILES string of the molecule is CC1(C)OC(=O)c2c(C[C@H]3CC(=O)C=CO3)cccc2O1. The average molecular weight is 288 g/mol. The maximum absolute atomic E-state index is 12.2. The zero-order valence-corrected chi connectivity index (χ0v) is 11.9. The maximum atomic E-state index is 12.2. The molecule has 0 N–H and O–H groups in total. The van der Waals surface area contributed by atoms with Crippen molar-refractivity contribution in [2.45, 2.75) is 38.6 Å². The molecule has 2 aliphatic rings. The van der Waals surface area contributed by atoms with Gasteiger partial charge in [-0.2, -0.15) is 0 Å². The summed E-state index contributed by atoms with van der Waals surface area (Å²) < 4.78 is 16.4. The van der Waals surface area contributed by atoms with Gasteiger partial charge in [0.05, 0.1) is 6.26 Å². The minimum Gasteiger partial charge on any atom is -0.497 e. The van der Waals surface area contributed by atoms with Crippen molar-refractivity contribution in [3.8, 4) is 5.75 Å². The van der Waals surface area contributed by atoms with Crippen LogP contribution in [0.5, 0.6) is 5.75 Å². The molecule has 0 saturated heterocycles. The van der Waals surface area contributed by atoms with Crippen LogP contribution in [0.3, 0.4) is 0 Å². The Morgan fingerprint density at radius 2 is 2.05 bits per heavy atom. The van der Waals surface area contributed by atoms with Gasteiger partial charge in [0.1, 0.15) is 17.4 Å². The number of rotatable bonds is 2. The molecule has 3 rings (SSSR count). The van der Waals surface area contributed by atoms with Crippen LogP contribution in [0, 0.1) is 0 Å². The largest absolute Gasteiger partial charge is 0.497 e. The van der Waals surface area contributed by atoms with Crippen molar-refractivity contribution >= 4 is 11.8 Å². The van der Waals surface area contributed by atoms with Gasteiger partial charge in [0, 0.05) is 32.8 Å². The van der Waals surface area contributed by atoms with Gasteiger partial charge in [0.25, 0.3) is 0 Å². The molecule has 0 aromatic heterocycles. The fourth-order valence-corrected chi connectivity index (χ4v) is 2.56. The fourth-order valence-electron chi connectivity index (χ4n) is 2.56. The van der Waals surface area contributed by atoms with Gasteiger partial charge in [-0.3, -0.25) is 4.79 Å². The Morgan fingerprint density at radius 1 is 1.24 bits per heavy atom. The van der Waals surface area contributed by atoms with Gasteiger partial charge in [-0.05, 0) is 11.6 Å². The number of carbonyl (C=O) groups excluding carboxylic acids is 2. The highest BCUT2D eigenvalue weighted by Gasteiger charge is 2.35. The third-order valence-electron chi connectivity index (χ3n) is 3.41. The van der Waals surface area contributed by atoms with E-state index in [4.69, 9.17) is 14.2 Å². The third-order valence-corrected chi connectivity index (χ3v) is 3.41. The molecule has 21 heavy (non-hydrogen) atoms. The lowest BCUT2D eigenvalue weighted by Crippen LogP contribution is -2.39. The zero-order valence-electron chi connectivity index (χ0n) is 11.9. The van der Waals surface area contributed by atoms with Gasteiger partial charge in [0.15, 0.2) is 5.78 Å². The molecule has 2 heterocycles. The molecule has 5 nitrogen and oxygen atoms in total. The molecular weight excluding hydrogens is 272 g/mol. The van der Waals surface area contributed by atoms with Gasteiger partial charge in [0.2, 0.25) is 5.79 Å². The van der Waals surface area contributed by atoms with Crippen LogP contribution in [0.25, 0.3) is 0 Å². The average Bonchev–Trinajstić information content (AvgIpc) is 2.36. The summed E-state index contributed by atoms with van der Waals surface area (Å²) in [5.74, 6) is -0.847. The van der Waals surface area contributed by atoms with Crippen LogP contribution in [0.15, 0.2) is 30.5 Å². The lowest BCUT2D eigenvalue weighted by molar-refractivity contribution is -0.127. The van der Waals surface area contributed by atoms with Crippen molar-refractivity contribution in [1.29, 1.82) is 0 Å². The summed E-state index contributed by atoms with van der Waals surface area (Å²) in [6.07, 6.45) is 3.32. The Kier molecular flexibility index (Phi) is 3.20. The van der Waals surface area contributed by atoms with Crippen LogP contribution >= 0.6 is 0 Å². The molecule has 1 atom stereocenters. The van der Waals surface area contributed by atoms with Gasteiger partial charge in [-0.1, -0.05) is 12.1 Å². The van der Waals surface area contributed by atoms with E-state index >= 15 is 0 Å². The molecule has 0 aliphatic carbocycles. The number of ether oxygens (including phenoxy) is 3. The van der Waals surface area contributed by atoms with Gasteiger partial charge < -0.3 is 14.2 Å². The van der Waals surface area contributed by atoms with E-state index in [1.807, 2.05) is 12.1 Å². The van der Waals surface area contributed by atoms with Crippen LogP contribution in [-0.2, 0) is 20.7 Å². The van der Waals surface area contributed by atoms with Crippen LogP contribution in [0.4, 0.5) is 0 Å². The molecule has 0 amide bonds. The van der Waals surface area contributed by atoms with Crippen molar-refractivity contribution in [1.82, 2.24) is 0 Å². The summed E-state index contributed by atoms with van der Waals surface area (Å²) in [5, 5.41) is 0. The molecule has 0 saturated carbocycles. The number of ketones is 1. The molecule has 0 spiro atoms. The smallest absolute Gasteiger partial charge is 0.345 e. The van der Waals surface area contributed by atoms with E-state index in [1.165, 1.54) is 12.3 Å². The Labute approximate surface area is 122 Å². The van der Waals surface area contributed by atoms with Crippen molar-refractivity contribution in [3.05, 3.63) is 41.7 Å². The molecule has 110 valence electrons. The van der Waals surface area contributed by atoms with E-state index in [9.17, 15) is 9.59 Å². The lowest BCUT2D eigenvalue weighted by Gasteiger charge is -2.32. The normalized spacial score (nSPS) is 22.9. The summed E-state index contributed by atoms with van der Waals surface area (Å²) in [5.41, 5.74) is 1.18. The number of cyclic esters (lactones) is 1. The maximum Gasteiger partial charge on any atom is 0.345 e. The minimum atomic E-state index is -0.969. The van der Waals surface area contributed by atoms with E-state index in [1.54, 1.807) is 19.9 Å². The molecule has 5 heteroatoms. The van der Waals surface area contributed by atoms with E-state index in [-0.39, 0.29) is 11.9 Å². The quantitative estimate of drug-likeness (QED) is 0.782. The Bertz CT molecular complexity index is 630. The number of benzene rings is 1. The van der Waals surface area contributed by atoms with Gasteiger partial charge in [-0.25, -0.2) is 4.79 Å². The summed E-state index contributed by atoms with van der Waals surface area (Å²) in [6.45, 7) is 3.38. The van der Waals surface area contributed by atoms with Crippen molar-refractivity contribution in [3.63, 3.8) is 0 Å². The molecule has 2 aliphatic heterocycles. The second-order valence-electron chi connectivity index (χ2n) is 5.62. The third kappa shape index (κ3) is 2.77. The van der Waals surface area contributed by atoms with E-state index < -0.39 is 11.8 Å². The summed E-state index contributed by atoms with van der Waals surface area (Å²) >= 11 is 0. The first-order chi connectivity index (χ1) is 9.94. The van der Waals surface area contributed by atoms with E-state index in [0.29, 0.717) is 24.2 Å². The molecule has 0 fully saturated rings. The predicted molar refractivity (Wildman–Crippen MR) is 73.9 cm³/mol. The van der Waals surface area contributed by atoms with Gasteiger partial charge >= 0.3 is 5.97 Å². The number of hydrogen-bond acceptors (Lipinski definition) is 5. The van der Waals surface area contributed by atoms with Crippen LogP contribution in [-0.4, -0.2) is 23.6 Å². The molecule has 0 radical (unpaired) electrons. The number of carbonyl (C=O) groups is 2. The first kappa shape index (κ1) is 13.7. The van der Waals surface area contributed by atoms with E-state index in [2.05, 4.69) is 0 Å². The second kappa shape index (κ2) is 4.91. The molecular formula is C16H16O5. The Morgan fingerprint density at radius 3 is 2.81 bits per heavy atom. The van der Waals surface area contributed by atoms with Crippen LogP contribution < -0.4 is 4.74 Å². The lowest BCUT2D eigenvalue weighted by atomic mass is 9.97. The predicted octanol–water partition coefficient (Wildman–Crippen LogP) is 2.39. The number of allylic oxidation sites excluding steroid dienone is 1. The highest BCUT2D eigenvalue weighted by molar-refractivity contribution is 5.95. The van der Waals surface area contributed by atoms with Crippen LogP contribution in [0.2, 0.25) is 0 Å². The second-order valence-corrected chi connectivity index (χ2v) is 5.62. The number of fused-ring (bicyclic) bond motifs is 1. The van der Waals surface area contributed by atoms with Crippen molar-refractivity contribution < 1.29 is 23.8 Å². The van der Waals surface area contributed by atoms with Gasteiger partial charge in [-0.15, -0.1) is 0 Å². The summed E-state index contributed by atoms with van der Waals surface area (Å²) in [4.78, 5) is 23.6. The fraction of sp³-hybridized carbons (Fsp3) is 0.375. The number of esters is 1. The van der Waals surface area contributed by atoms with Crippen molar-refractivity contribution in [2.75, 3.05) is 0 Å². The first-order valence-electron chi connectivity index (χ1n) is 6.84. The van der Waals surface area contributed by atoms with Crippen molar-refractivity contribution in [2.24, 2.45) is 0 Å². The van der Waals surface area contributed by atoms with E-state index in [0.717, 1.165) is 5.56 Å². The highest BCUT2D eigenvalue weighted by Crippen LogP contribution is 2.34.